The third-order valence-electron chi connectivity index (χ3n) is 8.85. The normalized spacial score (nSPS) is 50.3. The molecule has 0 unspecified atom stereocenters. The van der Waals surface area contributed by atoms with Crippen molar-refractivity contribution in [1.29, 1.82) is 0 Å². The predicted molar refractivity (Wildman–Crippen MR) is 98.0 cm³/mol. The van der Waals surface area contributed by atoms with Gasteiger partial charge in [0, 0.05) is 30.8 Å². The van der Waals surface area contributed by atoms with E-state index in [9.17, 15) is 14.7 Å². The van der Waals surface area contributed by atoms with Gasteiger partial charge in [-0.3, -0.25) is 4.79 Å². The van der Waals surface area contributed by atoms with Crippen LogP contribution >= 0.6 is 0 Å². The Morgan fingerprint density at radius 1 is 1.15 bits per heavy atom. The Hall–Kier alpha value is -1.16. The number of ether oxygens (including phenoxy) is 1. The fourth-order valence-electron chi connectivity index (χ4n) is 7.30. The molecule has 0 bridgehead atoms. The van der Waals surface area contributed by atoms with Crippen LogP contribution in [-0.4, -0.2) is 22.6 Å². The molecule has 0 saturated heterocycles. The molecule has 0 aromatic heterocycles. The maximum Gasteiger partial charge on any atom is 0.332 e. The average molecular weight is 360 g/mol. The van der Waals surface area contributed by atoms with Crippen LogP contribution in [0.4, 0.5) is 0 Å². The van der Waals surface area contributed by atoms with Crippen molar-refractivity contribution >= 4 is 11.8 Å². The highest BCUT2D eigenvalue weighted by molar-refractivity contribution is 5.87. The molecular weight excluding hydrogens is 328 g/mol. The Morgan fingerprint density at radius 3 is 2.65 bits per heavy atom. The third-order valence-corrected chi connectivity index (χ3v) is 8.85. The van der Waals surface area contributed by atoms with Crippen molar-refractivity contribution in [1.82, 2.24) is 0 Å². The average Bonchev–Trinajstić information content (AvgIpc) is 2.91. The molecule has 0 heterocycles. The molecule has 7 atom stereocenters. The number of hydrogen-bond acceptors (Lipinski definition) is 4. The van der Waals surface area contributed by atoms with Gasteiger partial charge in [-0.1, -0.05) is 20.4 Å². The van der Waals surface area contributed by atoms with Gasteiger partial charge in [-0.25, -0.2) is 4.79 Å². The fraction of sp³-hybridized carbons (Fsp3) is 0.818. The van der Waals surface area contributed by atoms with E-state index in [1.54, 1.807) is 0 Å². The number of Topliss-reactive ketones (excluding diaryl/α,β-unsaturated/α-hetero) is 1. The van der Waals surface area contributed by atoms with Crippen LogP contribution in [0, 0.1) is 34.5 Å². The minimum atomic E-state index is -1.34. The molecular formula is C22H32O4. The van der Waals surface area contributed by atoms with Crippen molar-refractivity contribution in [3.63, 3.8) is 0 Å². The quantitative estimate of drug-likeness (QED) is 0.459. The SMILES string of the molecule is C=CC(=O)O[C@@]1(O)CC[C@@]2(C)[C@@H](CC[C@@H]3[C@@H]2CC[C@]2(C)C(=O)CC[C@@H]32)C1. The Labute approximate surface area is 156 Å². The summed E-state index contributed by atoms with van der Waals surface area (Å²) in [5, 5.41) is 10.8. The zero-order valence-electron chi connectivity index (χ0n) is 16.1. The van der Waals surface area contributed by atoms with Gasteiger partial charge in [-0.2, -0.15) is 0 Å². The highest BCUT2D eigenvalue weighted by Crippen LogP contribution is 2.66. The summed E-state index contributed by atoms with van der Waals surface area (Å²) >= 11 is 0. The monoisotopic (exact) mass is 360 g/mol. The molecule has 4 aliphatic rings. The number of carbonyl (C=O) groups excluding carboxylic acids is 2. The lowest BCUT2D eigenvalue weighted by molar-refractivity contribution is -0.247. The number of ketones is 1. The summed E-state index contributed by atoms with van der Waals surface area (Å²) in [6.07, 6.45) is 9.24. The fourth-order valence-corrected chi connectivity index (χ4v) is 7.30. The first kappa shape index (κ1) is 18.2. The standard InChI is InChI=1S/C22H32O4/c1-4-19(24)26-22(25)12-11-20(2)14(13-22)5-6-15-16-7-8-18(23)21(16,3)10-9-17(15)20/h4,14-17,25H,1,5-13H2,2-3H3/t14-,15-,16-,17-,20-,21-,22-/m0/s1. The topological polar surface area (TPSA) is 63.6 Å². The van der Waals surface area contributed by atoms with Crippen LogP contribution in [0.5, 0.6) is 0 Å². The number of carbonyl (C=O) groups is 2. The summed E-state index contributed by atoms with van der Waals surface area (Å²) in [6, 6.07) is 0. The van der Waals surface area contributed by atoms with E-state index in [1.165, 1.54) is 0 Å². The summed E-state index contributed by atoms with van der Waals surface area (Å²) in [6.45, 7) is 8.04. The molecule has 4 aliphatic carbocycles. The highest BCUT2D eigenvalue weighted by atomic mass is 16.7. The van der Waals surface area contributed by atoms with Crippen LogP contribution < -0.4 is 0 Å². The first-order valence-corrected chi connectivity index (χ1v) is 10.3. The van der Waals surface area contributed by atoms with Gasteiger partial charge in [0.2, 0.25) is 5.79 Å². The number of aliphatic hydroxyl groups is 1. The van der Waals surface area contributed by atoms with Crippen molar-refractivity contribution < 1.29 is 19.4 Å². The van der Waals surface area contributed by atoms with Crippen LogP contribution in [0.25, 0.3) is 0 Å². The van der Waals surface area contributed by atoms with Crippen molar-refractivity contribution in [3.05, 3.63) is 12.7 Å². The second-order valence-electron chi connectivity index (χ2n) is 9.85. The third kappa shape index (κ3) is 2.51. The van der Waals surface area contributed by atoms with E-state index in [0.29, 0.717) is 42.3 Å². The van der Waals surface area contributed by atoms with Gasteiger partial charge in [0.15, 0.2) is 0 Å². The van der Waals surface area contributed by atoms with E-state index in [-0.39, 0.29) is 10.8 Å². The lowest BCUT2D eigenvalue weighted by Gasteiger charge is -2.60. The minimum Gasteiger partial charge on any atom is -0.430 e. The van der Waals surface area contributed by atoms with Crippen LogP contribution in [-0.2, 0) is 14.3 Å². The van der Waals surface area contributed by atoms with Crippen LogP contribution in [0.3, 0.4) is 0 Å². The van der Waals surface area contributed by atoms with Crippen molar-refractivity contribution in [2.75, 3.05) is 0 Å². The van der Waals surface area contributed by atoms with Gasteiger partial charge in [0.05, 0.1) is 0 Å². The molecule has 4 heteroatoms. The molecule has 4 rings (SSSR count). The molecule has 0 amide bonds. The Kier molecular flexibility index (Phi) is 4.15. The van der Waals surface area contributed by atoms with E-state index in [4.69, 9.17) is 4.74 Å². The Morgan fingerprint density at radius 2 is 1.92 bits per heavy atom. The van der Waals surface area contributed by atoms with Gasteiger partial charge in [0.25, 0.3) is 0 Å². The maximum absolute atomic E-state index is 12.5. The summed E-state index contributed by atoms with van der Waals surface area (Å²) in [5.74, 6) is 0.806. The summed E-state index contributed by atoms with van der Waals surface area (Å²) < 4.78 is 5.31. The van der Waals surface area contributed by atoms with E-state index < -0.39 is 11.8 Å². The van der Waals surface area contributed by atoms with Gasteiger partial charge >= 0.3 is 5.97 Å². The van der Waals surface area contributed by atoms with Crippen LogP contribution in [0.15, 0.2) is 12.7 Å². The summed E-state index contributed by atoms with van der Waals surface area (Å²) in [5.41, 5.74) is 0.0992. The van der Waals surface area contributed by atoms with E-state index >= 15 is 0 Å². The van der Waals surface area contributed by atoms with E-state index in [1.807, 2.05) is 0 Å². The lowest BCUT2D eigenvalue weighted by Crippen LogP contribution is -2.56. The zero-order chi connectivity index (χ0) is 18.7. The Bertz CT molecular complexity index is 642. The molecule has 4 nitrogen and oxygen atoms in total. The largest absolute Gasteiger partial charge is 0.430 e. The minimum absolute atomic E-state index is 0.0841. The smallest absolute Gasteiger partial charge is 0.332 e. The highest BCUT2D eigenvalue weighted by Gasteiger charge is 2.61. The number of esters is 1. The zero-order valence-corrected chi connectivity index (χ0v) is 16.1. The molecule has 4 fully saturated rings. The maximum atomic E-state index is 12.5. The molecule has 0 aromatic rings. The molecule has 4 saturated carbocycles. The van der Waals surface area contributed by atoms with Crippen molar-refractivity contribution in [2.24, 2.45) is 34.5 Å². The Balaban J connectivity index is 1.55. The molecule has 0 spiro atoms. The first-order chi connectivity index (χ1) is 12.2. The van der Waals surface area contributed by atoms with Crippen molar-refractivity contribution in [3.8, 4) is 0 Å². The second kappa shape index (κ2) is 5.92. The second-order valence-corrected chi connectivity index (χ2v) is 9.85. The summed E-state index contributed by atoms with van der Waals surface area (Å²) in [7, 11) is 0. The molecule has 0 aromatic carbocycles. The molecule has 26 heavy (non-hydrogen) atoms. The first-order valence-electron chi connectivity index (χ1n) is 10.3. The van der Waals surface area contributed by atoms with Crippen LogP contribution in [0.2, 0.25) is 0 Å². The van der Waals surface area contributed by atoms with Gasteiger partial charge in [0.1, 0.15) is 5.78 Å². The number of rotatable bonds is 2. The predicted octanol–water partition coefficient (Wildman–Crippen LogP) is 4.02. The van der Waals surface area contributed by atoms with E-state index in [0.717, 1.165) is 51.0 Å². The van der Waals surface area contributed by atoms with E-state index in [2.05, 4.69) is 20.4 Å². The number of fused-ring (bicyclic) bond motifs is 5. The van der Waals surface area contributed by atoms with Crippen LogP contribution in [0.1, 0.15) is 71.6 Å². The van der Waals surface area contributed by atoms with Gasteiger partial charge < -0.3 is 9.84 Å². The lowest BCUT2D eigenvalue weighted by atomic mass is 9.45. The molecule has 0 radical (unpaired) electrons. The van der Waals surface area contributed by atoms with Gasteiger partial charge in [-0.15, -0.1) is 0 Å². The van der Waals surface area contributed by atoms with Gasteiger partial charge in [-0.05, 0) is 67.6 Å². The summed E-state index contributed by atoms with van der Waals surface area (Å²) in [4.78, 5) is 24.1. The molecule has 144 valence electrons. The molecule has 0 aliphatic heterocycles. The number of hydrogen-bond donors (Lipinski definition) is 1. The van der Waals surface area contributed by atoms with Crippen molar-refractivity contribution in [2.45, 2.75) is 77.4 Å². The molecule has 1 N–H and O–H groups in total.